The van der Waals surface area contributed by atoms with Crippen molar-refractivity contribution in [1.29, 1.82) is 0 Å². The molecule has 1 aromatic carbocycles. The van der Waals surface area contributed by atoms with E-state index in [-0.39, 0.29) is 42.2 Å². The van der Waals surface area contributed by atoms with E-state index in [1.807, 2.05) is 11.8 Å². The number of carbonyl (C=O) groups is 1. The van der Waals surface area contributed by atoms with Crippen molar-refractivity contribution < 1.29 is 23.0 Å². The molecule has 11 heteroatoms. The monoisotopic (exact) mass is 567 g/mol. The van der Waals surface area contributed by atoms with Crippen LogP contribution in [-0.4, -0.2) is 105 Å². The summed E-state index contributed by atoms with van der Waals surface area (Å²) in [6.07, 6.45) is 0. The highest BCUT2D eigenvalue weighted by Crippen LogP contribution is 2.15. The van der Waals surface area contributed by atoms with Crippen LogP contribution in [0.25, 0.3) is 0 Å². The summed E-state index contributed by atoms with van der Waals surface area (Å²) in [5.74, 6) is -0.607. The molecule has 1 amide bonds. The van der Waals surface area contributed by atoms with Crippen molar-refractivity contribution in [2.24, 2.45) is 4.99 Å². The van der Waals surface area contributed by atoms with Crippen LogP contribution in [-0.2, 0) is 9.53 Å². The molecular formula is C21H32F2IN5O3. The second-order valence-electron chi connectivity index (χ2n) is 7.42. The molecule has 2 heterocycles. The van der Waals surface area contributed by atoms with Crippen LogP contribution in [0.4, 0.5) is 8.78 Å². The second kappa shape index (κ2) is 13.7. The van der Waals surface area contributed by atoms with E-state index in [0.29, 0.717) is 39.4 Å². The van der Waals surface area contributed by atoms with Gasteiger partial charge >= 0.3 is 0 Å². The fourth-order valence-corrected chi connectivity index (χ4v) is 3.53. The van der Waals surface area contributed by atoms with Gasteiger partial charge in [-0.1, -0.05) is 0 Å². The molecule has 1 N–H and O–H groups in total. The first-order valence-electron chi connectivity index (χ1n) is 10.8. The molecule has 2 saturated heterocycles. The van der Waals surface area contributed by atoms with Gasteiger partial charge < -0.3 is 24.6 Å². The zero-order chi connectivity index (χ0) is 22.1. The van der Waals surface area contributed by atoms with Crippen molar-refractivity contribution in [3.8, 4) is 5.75 Å². The Labute approximate surface area is 204 Å². The van der Waals surface area contributed by atoms with Crippen molar-refractivity contribution in [3.63, 3.8) is 0 Å². The van der Waals surface area contributed by atoms with E-state index in [1.54, 1.807) is 0 Å². The summed E-state index contributed by atoms with van der Waals surface area (Å²) in [7, 11) is 0. The van der Waals surface area contributed by atoms with Crippen molar-refractivity contribution in [3.05, 3.63) is 29.8 Å². The lowest BCUT2D eigenvalue weighted by Crippen LogP contribution is -2.55. The van der Waals surface area contributed by atoms with E-state index in [4.69, 9.17) is 9.47 Å². The number of nitrogens with zero attached hydrogens (tertiary/aromatic N) is 4. The standard InChI is InChI=1S/C21H31F2N5O3.HI/c1-2-24-21(25-5-12-31-17-3-4-18(22)19(23)15-17)28-8-6-26(7-9-28)16-20(29)27-10-13-30-14-11-27;/h3-4,15H,2,5-14,16H2,1H3,(H,24,25);1H. The second-order valence-corrected chi connectivity index (χ2v) is 7.42. The number of benzene rings is 1. The summed E-state index contributed by atoms with van der Waals surface area (Å²) in [6, 6.07) is 3.47. The molecule has 0 atom stereocenters. The number of guanidine groups is 1. The number of hydrogen-bond donors (Lipinski definition) is 1. The number of nitrogens with one attached hydrogen (secondary N) is 1. The number of hydrogen-bond acceptors (Lipinski definition) is 5. The molecule has 180 valence electrons. The molecule has 8 nitrogen and oxygen atoms in total. The zero-order valence-electron chi connectivity index (χ0n) is 18.4. The molecule has 0 spiro atoms. The molecular weight excluding hydrogens is 535 g/mol. The van der Waals surface area contributed by atoms with E-state index < -0.39 is 11.6 Å². The number of piperazine rings is 1. The fourth-order valence-electron chi connectivity index (χ4n) is 3.53. The van der Waals surface area contributed by atoms with Crippen LogP contribution in [0.15, 0.2) is 23.2 Å². The molecule has 2 aliphatic heterocycles. The van der Waals surface area contributed by atoms with Gasteiger partial charge in [0.25, 0.3) is 0 Å². The van der Waals surface area contributed by atoms with Crippen LogP contribution in [0.5, 0.6) is 5.75 Å². The maximum absolute atomic E-state index is 13.2. The van der Waals surface area contributed by atoms with Gasteiger partial charge in [0.05, 0.1) is 26.3 Å². The van der Waals surface area contributed by atoms with Gasteiger partial charge in [-0.15, -0.1) is 24.0 Å². The third-order valence-electron chi connectivity index (χ3n) is 5.24. The fraction of sp³-hybridized carbons (Fsp3) is 0.619. The smallest absolute Gasteiger partial charge is 0.236 e. The molecule has 0 unspecified atom stereocenters. The molecule has 2 fully saturated rings. The van der Waals surface area contributed by atoms with Gasteiger partial charge in [0.1, 0.15) is 12.4 Å². The number of carbonyl (C=O) groups excluding carboxylic acids is 1. The van der Waals surface area contributed by atoms with Gasteiger partial charge in [-0.3, -0.25) is 9.69 Å². The SMILES string of the molecule is CCNC(=NCCOc1ccc(F)c(F)c1)N1CCN(CC(=O)N2CCOCC2)CC1.I. The topological polar surface area (TPSA) is 69.6 Å². The number of rotatable bonds is 7. The number of morpholine rings is 1. The number of ether oxygens (including phenoxy) is 2. The summed E-state index contributed by atoms with van der Waals surface area (Å²) in [4.78, 5) is 23.2. The molecule has 0 bridgehead atoms. The third kappa shape index (κ3) is 8.00. The first-order chi connectivity index (χ1) is 15.1. The Morgan fingerprint density at radius 3 is 2.47 bits per heavy atom. The maximum Gasteiger partial charge on any atom is 0.236 e. The van der Waals surface area contributed by atoms with Crippen LogP contribution in [0.1, 0.15) is 6.92 Å². The zero-order valence-corrected chi connectivity index (χ0v) is 20.7. The normalized spacial score (nSPS) is 17.7. The molecule has 2 aliphatic rings. The third-order valence-corrected chi connectivity index (χ3v) is 5.24. The highest BCUT2D eigenvalue weighted by atomic mass is 127. The lowest BCUT2D eigenvalue weighted by atomic mass is 10.3. The van der Waals surface area contributed by atoms with Gasteiger partial charge in [0.15, 0.2) is 17.6 Å². The summed E-state index contributed by atoms with van der Waals surface area (Å²) in [5.41, 5.74) is 0. The Kier molecular flexibility index (Phi) is 11.4. The Hall–Kier alpha value is -1.73. The minimum absolute atomic E-state index is 0. The predicted octanol–water partition coefficient (Wildman–Crippen LogP) is 1.40. The summed E-state index contributed by atoms with van der Waals surface area (Å²) < 4.78 is 37.0. The van der Waals surface area contributed by atoms with Gasteiger partial charge in [0.2, 0.25) is 5.91 Å². The van der Waals surface area contributed by atoms with Crippen LogP contribution >= 0.6 is 24.0 Å². The lowest BCUT2D eigenvalue weighted by Gasteiger charge is -2.37. The highest BCUT2D eigenvalue weighted by Gasteiger charge is 2.24. The molecule has 32 heavy (non-hydrogen) atoms. The lowest BCUT2D eigenvalue weighted by molar-refractivity contribution is -0.136. The van der Waals surface area contributed by atoms with Crippen LogP contribution in [0, 0.1) is 11.6 Å². The Morgan fingerprint density at radius 2 is 1.81 bits per heavy atom. The summed E-state index contributed by atoms with van der Waals surface area (Å²) in [5, 5.41) is 3.28. The summed E-state index contributed by atoms with van der Waals surface area (Å²) in [6.45, 7) is 9.49. The van der Waals surface area contributed by atoms with Crippen molar-refractivity contribution in [1.82, 2.24) is 20.0 Å². The number of aliphatic imine (C=N–C) groups is 1. The largest absolute Gasteiger partial charge is 0.492 e. The van der Waals surface area contributed by atoms with Gasteiger partial charge in [-0.2, -0.15) is 0 Å². The molecule has 0 saturated carbocycles. The summed E-state index contributed by atoms with van der Waals surface area (Å²) >= 11 is 0. The average Bonchev–Trinajstić information content (AvgIpc) is 2.79. The van der Waals surface area contributed by atoms with Crippen molar-refractivity contribution >= 4 is 35.8 Å². The van der Waals surface area contributed by atoms with Crippen molar-refractivity contribution in [2.45, 2.75) is 6.92 Å². The highest BCUT2D eigenvalue weighted by molar-refractivity contribution is 14.0. The van der Waals surface area contributed by atoms with Crippen LogP contribution < -0.4 is 10.1 Å². The van der Waals surface area contributed by atoms with Crippen molar-refractivity contribution in [2.75, 3.05) is 78.7 Å². The molecule has 1 aromatic rings. The quantitative estimate of drug-likeness (QED) is 0.233. The minimum atomic E-state index is -0.931. The number of amides is 1. The van der Waals surface area contributed by atoms with Gasteiger partial charge in [-0.25, -0.2) is 13.8 Å². The average molecular weight is 567 g/mol. The Balaban J connectivity index is 0.00000363. The molecule has 0 aromatic heterocycles. The minimum Gasteiger partial charge on any atom is -0.492 e. The molecule has 3 rings (SSSR count). The first-order valence-corrected chi connectivity index (χ1v) is 10.8. The Morgan fingerprint density at radius 1 is 1.09 bits per heavy atom. The molecule has 0 aliphatic carbocycles. The van der Waals surface area contributed by atoms with Crippen LogP contribution in [0.2, 0.25) is 0 Å². The Bertz CT molecular complexity index is 757. The van der Waals surface area contributed by atoms with E-state index in [0.717, 1.165) is 50.8 Å². The van der Waals surface area contributed by atoms with E-state index in [9.17, 15) is 13.6 Å². The van der Waals surface area contributed by atoms with E-state index in [2.05, 4.69) is 20.1 Å². The molecule has 0 radical (unpaired) electrons. The maximum atomic E-state index is 13.2. The van der Waals surface area contributed by atoms with E-state index >= 15 is 0 Å². The van der Waals surface area contributed by atoms with E-state index in [1.165, 1.54) is 6.07 Å². The van der Waals surface area contributed by atoms with Gasteiger partial charge in [-0.05, 0) is 19.1 Å². The van der Waals surface area contributed by atoms with Crippen LogP contribution in [0.3, 0.4) is 0 Å². The van der Waals surface area contributed by atoms with Gasteiger partial charge in [0, 0.05) is 51.9 Å². The number of halogens is 3. The predicted molar refractivity (Wildman–Crippen MR) is 129 cm³/mol. The first kappa shape index (κ1) is 26.5.